The maximum atomic E-state index is 11.7. The van der Waals surface area contributed by atoms with E-state index in [1.165, 1.54) is 0 Å². The molecule has 0 aromatic heterocycles. The molecule has 0 aliphatic carbocycles. The van der Waals surface area contributed by atoms with Crippen LogP contribution < -0.4 is 0 Å². The molecule has 0 aromatic carbocycles. The van der Waals surface area contributed by atoms with Crippen LogP contribution in [0, 0.1) is 11.8 Å². The molecule has 0 amide bonds. The average molecular weight is 328 g/mol. The van der Waals surface area contributed by atoms with Crippen molar-refractivity contribution in [2.24, 2.45) is 11.8 Å². The summed E-state index contributed by atoms with van der Waals surface area (Å²) in [5.41, 5.74) is 0. The van der Waals surface area contributed by atoms with Gasteiger partial charge < -0.3 is 9.47 Å². The molecule has 0 N–H and O–H groups in total. The van der Waals surface area contributed by atoms with Crippen LogP contribution in [-0.2, 0) is 19.1 Å². The van der Waals surface area contributed by atoms with Gasteiger partial charge in [-0.05, 0) is 31.6 Å². The minimum atomic E-state index is -0.368. The number of unbranched alkanes of at least 4 members (excludes halogenated alkanes) is 2. The summed E-state index contributed by atoms with van der Waals surface area (Å²) in [5.74, 6) is 0.943. The number of carbonyl (C=O) groups is 2. The zero-order chi connectivity index (χ0) is 17.7. The van der Waals surface area contributed by atoms with Crippen LogP contribution in [0.15, 0.2) is 0 Å². The van der Waals surface area contributed by atoms with Crippen molar-refractivity contribution in [3.63, 3.8) is 0 Å². The Bertz CT molecular complexity index is 323. The quantitative estimate of drug-likeness (QED) is 0.356. The zero-order valence-electron chi connectivity index (χ0n) is 15.7. The molecule has 0 aliphatic heterocycles. The summed E-state index contributed by atoms with van der Waals surface area (Å²) in [6.45, 7) is 10.6. The Balaban J connectivity index is 3.62. The minimum Gasteiger partial charge on any atom is -0.462 e. The van der Waals surface area contributed by atoms with Crippen molar-refractivity contribution in [2.45, 2.75) is 92.1 Å². The summed E-state index contributed by atoms with van der Waals surface area (Å²) >= 11 is 0. The lowest BCUT2D eigenvalue weighted by atomic mass is 10.1. The van der Waals surface area contributed by atoms with Gasteiger partial charge in [0, 0.05) is 12.8 Å². The molecule has 0 rings (SSSR count). The lowest BCUT2D eigenvalue weighted by molar-refractivity contribution is -0.158. The van der Waals surface area contributed by atoms with Gasteiger partial charge in [0.25, 0.3) is 0 Å². The van der Waals surface area contributed by atoms with E-state index in [1.807, 2.05) is 0 Å². The van der Waals surface area contributed by atoms with Gasteiger partial charge in [-0.15, -0.1) is 0 Å². The maximum absolute atomic E-state index is 11.7. The van der Waals surface area contributed by atoms with E-state index in [2.05, 4.69) is 27.7 Å². The molecule has 0 bridgehead atoms. The molecule has 0 fully saturated rings. The van der Waals surface area contributed by atoms with Crippen LogP contribution in [0.5, 0.6) is 0 Å². The lowest BCUT2D eigenvalue weighted by Gasteiger charge is -2.14. The maximum Gasteiger partial charge on any atom is 0.306 e. The molecule has 0 saturated carbocycles. The van der Waals surface area contributed by atoms with Crippen LogP contribution in [0.2, 0.25) is 0 Å². The Morgan fingerprint density at radius 2 is 1.22 bits per heavy atom. The van der Waals surface area contributed by atoms with Crippen LogP contribution in [0.1, 0.15) is 86.0 Å². The fourth-order valence-corrected chi connectivity index (χ4v) is 2.24. The standard InChI is InChI=1S/C19H36O4/c1-15(2)10-6-8-12-18(20)22-14-17(5)23-19(21)13-9-7-11-16(3)4/h15-17H,6-14H2,1-5H3. The van der Waals surface area contributed by atoms with Crippen molar-refractivity contribution < 1.29 is 19.1 Å². The van der Waals surface area contributed by atoms with Gasteiger partial charge in [0.1, 0.15) is 12.7 Å². The number of carbonyl (C=O) groups excluding carboxylic acids is 2. The molecule has 23 heavy (non-hydrogen) atoms. The molecule has 0 saturated heterocycles. The smallest absolute Gasteiger partial charge is 0.306 e. The van der Waals surface area contributed by atoms with Crippen molar-refractivity contribution in [3.8, 4) is 0 Å². The summed E-state index contributed by atoms with van der Waals surface area (Å²) in [7, 11) is 0. The van der Waals surface area contributed by atoms with E-state index in [9.17, 15) is 9.59 Å². The highest BCUT2D eigenvalue weighted by Crippen LogP contribution is 2.10. The van der Waals surface area contributed by atoms with Gasteiger partial charge >= 0.3 is 11.9 Å². The van der Waals surface area contributed by atoms with Gasteiger partial charge in [0.2, 0.25) is 0 Å². The van der Waals surface area contributed by atoms with Crippen molar-refractivity contribution in [2.75, 3.05) is 6.61 Å². The summed E-state index contributed by atoms with van der Waals surface area (Å²) in [4.78, 5) is 23.2. The second kappa shape index (κ2) is 13.4. The van der Waals surface area contributed by atoms with Gasteiger partial charge in [0.15, 0.2) is 0 Å². The van der Waals surface area contributed by atoms with E-state index in [0.717, 1.165) is 38.5 Å². The van der Waals surface area contributed by atoms with Crippen molar-refractivity contribution in [1.29, 1.82) is 0 Å². The lowest BCUT2D eigenvalue weighted by Crippen LogP contribution is -2.22. The third kappa shape index (κ3) is 15.6. The molecular formula is C19H36O4. The Hall–Kier alpha value is -1.06. The van der Waals surface area contributed by atoms with E-state index >= 15 is 0 Å². The number of rotatable bonds is 13. The highest BCUT2D eigenvalue weighted by atomic mass is 16.6. The number of hydrogen-bond donors (Lipinski definition) is 0. The first-order valence-electron chi connectivity index (χ1n) is 9.16. The Morgan fingerprint density at radius 3 is 1.70 bits per heavy atom. The number of ether oxygens (including phenoxy) is 2. The van der Waals surface area contributed by atoms with Crippen molar-refractivity contribution in [3.05, 3.63) is 0 Å². The second-order valence-electron chi connectivity index (χ2n) is 7.26. The van der Waals surface area contributed by atoms with Gasteiger partial charge in [-0.2, -0.15) is 0 Å². The SMILES string of the molecule is CC(C)CCCCC(=O)OCC(C)OC(=O)CCCCC(C)C. The summed E-state index contributed by atoms with van der Waals surface area (Å²) in [5, 5.41) is 0. The van der Waals surface area contributed by atoms with Crippen molar-refractivity contribution >= 4 is 11.9 Å². The predicted molar refractivity (Wildman–Crippen MR) is 93.1 cm³/mol. The van der Waals surface area contributed by atoms with E-state index < -0.39 is 0 Å². The number of esters is 2. The van der Waals surface area contributed by atoms with Crippen molar-refractivity contribution in [1.82, 2.24) is 0 Å². The minimum absolute atomic E-state index is 0.154. The van der Waals surface area contributed by atoms with Gasteiger partial charge in [0.05, 0.1) is 0 Å². The molecule has 136 valence electrons. The largest absolute Gasteiger partial charge is 0.462 e. The molecule has 4 nitrogen and oxygen atoms in total. The highest BCUT2D eigenvalue weighted by molar-refractivity contribution is 5.70. The Labute approximate surface area is 142 Å². The monoisotopic (exact) mass is 328 g/mol. The molecule has 1 atom stereocenters. The van der Waals surface area contributed by atoms with E-state index in [-0.39, 0.29) is 24.6 Å². The summed E-state index contributed by atoms with van der Waals surface area (Å²) < 4.78 is 10.4. The molecule has 0 aromatic rings. The first kappa shape index (κ1) is 21.9. The normalized spacial score (nSPS) is 12.5. The van der Waals surface area contributed by atoms with Gasteiger partial charge in [-0.1, -0.05) is 53.4 Å². The second-order valence-corrected chi connectivity index (χ2v) is 7.26. The fourth-order valence-electron chi connectivity index (χ4n) is 2.24. The average Bonchev–Trinajstić information content (AvgIpc) is 2.45. The summed E-state index contributed by atoms with van der Waals surface area (Å²) in [6.07, 6.45) is 6.62. The summed E-state index contributed by atoms with van der Waals surface area (Å²) in [6, 6.07) is 0. The molecule has 0 aliphatic rings. The van der Waals surface area contributed by atoms with E-state index in [4.69, 9.17) is 9.47 Å². The van der Waals surface area contributed by atoms with Crippen LogP contribution in [0.25, 0.3) is 0 Å². The zero-order valence-corrected chi connectivity index (χ0v) is 15.7. The molecule has 1 unspecified atom stereocenters. The van der Waals surface area contributed by atoms with Gasteiger partial charge in [-0.3, -0.25) is 9.59 Å². The van der Waals surface area contributed by atoms with E-state index in [0.29, 0.717) is 24.7 Å². The van der Waals surface area contributed by atoms with E-state index in [1.54, 1.807) is 6.92 Å². The molecule has 0 heterocycles. The topological polar surface area (TPSA) is 52.6 Å². The third-order valence-corrected chi connectivity index (χ3v) is 3.64. The first-order chi connectivity index (χ1) is 10.8. The van der Waals surface area contributed by atoms with Crippen LogP contribution in [0.4, 0.5) is 0 Å². The van der Waals surface area contributed by atoms with Crippen LogP contribution >= 0.6 is 0 Å². The van der Waals surface area contributed by atoms with Crippen LogP contribution in [0.3, 0.4) is 0 Å². The van der Waals surface area contributed by atoms with Crippen LogP contribution in [-0.4, -0.2) is 24.6 Å². The fraction of sp³-hybridized carbons (Fsp3) is 0.895. The molecule has 0 radical (unpaired) electrons. The highest BCUT2D eigenvalue weighted by Gasteiger charge is 2.12. The Kier molecular flexibility index (Phi) is 12.8. The number of hydrogen-bond acceptors (Lipinski definition) is 4. The molecule has 0 spiro atoms. The van der Waals surface area contributed by atoms with Gasteiger partial charge in [-0.25, -0.2) is 0 Å². The predicted octanol–water partition coefficient (Wildman–Crippen LogP) is 4.89. The molecular weight excluding hydrogens is 292 g/mol. The first-order valence-corrected chi connectivity index (χ1v) is 9.16. The molecule has 4 heteroatoms. The third-order valence-electron chi connectivity index (χ3n) is 3.64. The Morgan fingerprint density at radius 1 is 0.739 bits per heavy atom.